The second-order valence-electron chi connectivity index (χ2n) is 3.67. The quantitative estimate of drug-likeness (QED) is 0.839. The van der Waals surface area contributed by atoms with Crippen molar-refractivity contribution in [3.8, 4) is 0 Å². The SMILES string of the molecule is O=C1NCC(c2cccc(Cl)c2)N1CCO. The number of hydrogen-bond acceptors (Lipinski definition) is 2. The Balaban J connectivity index is 2.23. The molecule has 1 aromatic rings. The lowest BCUT2D eigenvalue weighted by molar-refractivity contribution is 0.179. The molecule has 2 rings (SSSR count). The number of benzene rings is 1. The van der Waals surface area contributed by atoms with Crippen molar-refractivity contribution in [2.75, 3.05) is 19.7 Å². The first-order chi connectivity index (χ1) is 7.72. The van der Waals surface area contributed by atoms with Crippen molar-refractivity contribution < 1.29 is 9.90 Å². The highest BCUT2D eigenvalue weighted by Gasteiger charge is 2.31. The molecule has 1 heterocycles. The first kappa shape index (κ1) is 11.2. The van der Waals surface area contributed by atoms with Crippen molar-refractivity contribution in [2.45, 2.75) is 6.04 Å². The summed E-state index contributed by atoms with van der Waals surface area (Å²) in [7, 11) is 0. The molecule has 0 radical (unpaired) electrons. The molecule has 1 aromatic carbocycles. The van der Waals surface area contributed by atoms with Gasteiger partial charge in [-0.15, -0.1) is 0 Å². The summed E-state index contributed by atoms with van der Waals surface area (Å²) in [5.41, 5.74) is 0.985. The van der Waals surface area contributed by atoms with E-state index in [0.29, 0.717) is 18.1 Å². The lowest BCUT2D eigenvalue weighted by atomic mass is 10.1. The molecule has 86 valence electrons. The fraction of sp³-hybridized carbons (Fsp3) is 0.364. The number of halogens is 1. The average Bonchev–Trinajstić information content (AvgIpc) is 2.61. The van der Waals surface area contributed by atoms with Gasteiger partial charge in [-0.05, 0) is 17.7 Å². The summed E-state index contributed by atoms with van der Waals surface area (Å²) in [6, 6.07) is 7.25. The molecule has 2 amide bonds. The van der Waals surface area contributed by atoms with E-state index < -0.39 is 0 Å². The van der Waals surface area contributed by atoms with E-state index in [9.17, 15) is 4.79 Å². The number of aliphatic hydroxyl groups excluding tert-OH is 1. The number of urea groups is 1. The van der Waals surface area contributed by atoms with E-state index in [1.54, 1.807) is 11.0 Å². The highest BCUT2D eigenvalue weighted by Crippen LogP contribution is 2.25. The smallest absolute Gasteiger partial charge is 0.318 e. The van der Waals surface area contributed by atoms with Crippen LogP contribution in [0.1, 0.15) is 11.6 Å². The van der Waals surface area contributed by atoms with E-state index in [1.165, 1.54) is 0 Å². The average molecular weight is 241 g/mol. The minimum atomic E-state index is -0.140. The second-order valence-corrected chi connectivity index (χ2v) is 4.11. The molecular formula is C11H13ClN2O2. The zero-order valence-corrected chi connectivity index (χ0v) is 9.44. The first-order valence-corrected chi connectivity index (χ1v) is 5.51. The number of carbonyl (C=O) groups excluding carboxylic acids is 1. The van der Waals surface area contributed by atoms with Gasteiger partial charge in [0.2, 0.25) is 0 Å². The largest absolute Gasteiger partial charge is 0.395 e. The van der Waals surface area contributed by atoms with Gasteiger partial charge >= 0.3 is 6.03 Å². The summed E-state index contributed by atoms with van der Waals surface area (Å²) in [6.45, 7) is 0.854. The fourth-order valence-electron chi connectivity index (χ4n) is 1.91. The summed E-state index contributed by atoms with van der Waals surface area (Å²) in [5, 5.41) is 12.3. The first-order valence-electron chi connectivity index (χ1n) is 5.13. The lowest BCUT2D eigenvalue weighted by Gasteiger charge is -2.22. The maximum Gasteiger partial charge on any atom is 0.318 e. The van der Waals surface area contributed by atoms with Crippen LogP contribution >= 0.6 is 11.6 Å². The van der Waals surface area contributed by atoms with E-state index in [2.05, 4.69) is 5.32 Å². The van der Waals surface area contributed by atoms with Gasteiger partial charge in [0.05, 0.1) is 12.6 Å². The third kappa shape index (κ3) is 2.13. The highest BCUT2D eigenvalue weighted by atomic mass is 35.5. The van der Waals surface area contributed by atoms with Gasteiger partial charge in [0.1, 0.15) is 0 Å². The zero-order chi connectivity index (χ0) is 11.5. The number of nitrogens with one attached hydrogen (secondary N) is 1. The number of carbonyl (C=O) groups is 1. The number of aliphatic hydroxyl groups is 1. The Morgan fingerprint density at radius 3 is 3.06 bits per heavy atom. The zero-order valence-electron chi connectivity index (χ0n) is 8.69. The van der Waals surface area contributed by atoms with Gasteiger partial charge in [-0.25, -0.2) is 4.79 Å². The van der Waals surface area contributed by atoms with Gasteiger partial charge in [0, 0.05) is 18.1 Å². The third-order valence-corrected chi connectivity index (χ3v) is 2.89. The molecule has 1 aliphatic rings. The second kappa shape index (κ2) is 4.72. The number of β-amino-alcohol motifs (C(OH)–C–C–N with tert-alkyl or cyclic N) is 1. The van der Waals surface area contributed by atoms with Crippen LogP contribution in [0, 0.1) is 0 Å². The molecule has 1 atom stereocenters. The minimum absolute atomic E-state index is 0.0372. The van der Waals surface area contributed by atoms with E-state index in [1.807, 2.05) is 18.2 Å². The van der Waals surface area contributed by atoms with Crippen LogP contribution < -0.4 is 5.32 Å². The molecule has 1 aliphatic heterocycles. The molecule has 0 spiro atoms. The highest BCUT2D eigenvalue weighted by molar-refractivity contribution is 6.30. The molecule has 4 nitrogen and oxygen atoms in total. The Hall–Kier alpha value is -1.26. The van der Waals surface area contributed by atoms with Gasteiger partial charge in [-0.2, -0.15) is 0 Å². The fourth-order valence-corrected chi connectivity index (χ4v) is 2.11. The van der Waals surface area contributed by atoms with Crippen molar-refractivity contribution in [1.82, 2.24) is 10.2 Å². The van der Waals surface area contributed by atoms with E-state index >= 15 is 0 Å². The van der Waals surface area contributed by atoms with Crippen molar-refractivity contribution in [2.24, 2.45) is 0 Å². The summed E-state index contributed by atoms with van der Waals surface area (Å²) < 4.78 is 0. The van der Waals surface area contributed by atoms with Crippen molar-refractivity contribution >= 4 is 17.6 Å². The summed E-state index contributed by atoms with van der Waals surface area (Å²) >= 11 is 5.91. The topological polar surface area (TPSA) is 52.6 Å². The maximum absolute atomic E-state index is 11.5. The van der Waals surface area contributed by atoms with Crippen LogP contribution in [-0.4, -0.2) is 35.7 Å². The molecule has 2 N–H and O–H groups in total. The van der Waals surface area contributed by atoms with Gasteiger partial charge < -0.3 is 15.3 Å². The molecule has 0 saturated carbocycles. The Morgan fingerprint density at radius 2 is 2.38 bits per heavy atom. The van der Waals surface area contributed by atoms with Gasteiger partial charge in [0.25, 0.3) is 0 Å². The van der Waals surface area contributed by atoms with E-state index in [4.69, 9.17) is 16.7 Å². The molecule has 0 bridgehead atoms. The summed E-state index contributed by atoms with van der Waals surface area (Å²) in [6.07, 6.45) is 0. The van der Waals surface area contributed by atoms with Crippen LogP contribution in [0.4, 0.5) is 4.79 Å². The van der Waals surface area contributed by atoms with Crippen LogP contribution in [0.15, 0.2) is 24.3 Å². The van der Waals surface area contributed by atoms with Crippen LogP contribution in [0.25, 0.3) is 0 Å². The number of nitrogens with zero attached hydrogens (tertiary/aromatic N) is 1. The Bertz CT molecular complexity index is 397. The summed E-state index contributed by atoms with van der Waals surface area (Å²) in [5.74, 6) is 0. The Morgan fingerprint density at radius 1 is 1.56 bits per heavy atom. The maximum atomic E-state index is 11.5. The van der Waals surface area contributed by atoms with Gasteiger partial charge in [-0.1, -0.05) is 23.7 Å². The lowest BCUT2D eigenvalue weighted by Crippen LogP contribution is -2.32. The van der Waals surface area contributed by atoms with Crippen molar-refractivity contribution in [3.63, 3.8) is 0 Å². The van der Waals surface area contributed by atoms with E-state index in [-0.39, 0.29) is 18.7 Å². The molecule has 1 unspecified atom stereocenters. The van der Waals surface area contributed by atoms with Gasteiger partial charge in [-0.3, -0.25) is 0 Å². The molecule has 5 heteroatoms. The molecule has 16 heavy (non-hydrogen) atoms. The number of amides is 2. The van der Waals surface area contributed by atoms with Crippen LogP contribution in [-0.2, 0) is 0 Å². The number of hydrogen-bond donors (Lipinski definition) is 2. The molecule has 0 aromatic heterocycles. The van der Waals surface area contributed by atoms with Crippen LogP contribution in [0.3, 0.4) is 0 Å². The standard InChI is InChI=1S/C11H13ClN2O2/c12-9-3-1-2-8(6-9)10-7-13-11(16)14(10)4-5-15/h1-3,6,10,15H,4-5,7H2,(H,13,16). The minimum Gasteiger partial charge on any atom is -0.395 e. The predicted octanol–water partition coefficient (Wildman–Crippen LogP) is 1.40. The van der Waals surface area contributed by atoms with Crippen molar-refractivity contribution in [3.05, 3.63) is 34.9 Å². The third-order valence-electron chi connectivity index (χ3n) is 2.66. The Kier molecular flexibility index (Phi) is 3.31. The molecule has 1 fully saturated rings. The van der Waals surface area contributed by atoms with Crippen LogP contribution in [0.2, 0.25) is 5.02 Å². The van der Waals surface area contributed by atoms with Crippen molar-refractivity contribution in [1.29, 1.82) is 0 Å². The molecular weight excluding hydrogens is 228 g/mol. The normalized spacial score (nSPS) is 20.0. The monoisotopic (exact) mass is 240 g/mol. The van der Waals surface area contributed by atoms with E-state index in [0.717, 1.165) is 5.56 Å². The summed E-state index contributed by atoms with van der Waals surface area (Å²) in [4.78, 5) is 13.1. The predicted molar refractivity (Wildman–Crippen MR) is 61.4 cm³/mol. The van der Waals surface area contributed by atoms with Crippen LogP contribution in [0.5, 0.6) is 0 Å². The molecule has 0 aliphatic carbocycles. The van der Waals surface area contributed by atoms with Gasteiger partial charge in [0.15, 0.2) is 0 Å². The Labute approximate surface area is 98.8 Å². The molecule has 1 saturated heterocycles. The number of rotatable bonds is 3.